The van der Waals surface area contributed by atoms with Gasteiger partial charge in [-0.3, -0.25) is 4.79 Å². The number of carbonyl (C=O) groups excluding carboxylic acids is 1. The van der Waals surface area contributed by atoms with E-state index in [1.165, 1.54) is 6.20 Å². The Labute approximate surface area is 92.9 Å². The zero-order chi connectivity index (χ0) is 11.1. The van der Waals surface area contributed by atoms with Gasteiger partial charge in [0.2, 0.25) is 0 Å². The number of nitrogens with zero attached hydrogens (tertiary/aromatic N) is 3. The molecule has 1 aromatic rings. The zero-order valence-electron chi connectivity index (χ0n) is 8.72. The summed E-state index contributed by atoms with van der Waals surface area (Å²) in [6.07, 6.45) is 4.13. The molecule has 1 amide bonds. The Bertz CT molecular complexity index is 290. The van der Waals surface area contributed by atoms with Crippen LogP contribution in [0.2, 0.25) is 0 Å². The van der Waals surface area contributed by atoms with Gasteiger partial charge in [0.25, 0.3) is 5.91 Å². The minimum atomic E-state index is -0.0333. The molecule has 6 heteroatoms. The van der Waals surface area contributed by atoms with Crippen molar-refractivity contribution < 1.29 is 9.90 Å². The number of aliphatic hydroxyl groups excluding tert-OH is 1. The first-order valence-electron chi connectivity index (χ1n) is 4.89. The van der Waals surface area contributed by atoms with E-state index in [1.807, 2.05) is 0 Å². The molecular formula is C9H15N3O2S. The third kappa shape index (κ3) is 3.93. The average Bonchev–Trinajstić information content (AvgIpc) is 2.76. The summed E-state index contributed by atoms with van der Waals surface area (Å²) >= 11 is 1.11. The van der Waals surface area contributed by atoms with Crippen molar-refractivity contribution in [3.63, 3.8) is 0 Å². The van der Waals surface area contributed by atoms with E-state index in [4.69, 9.17) is 5.11 Å². The molecule has 0 spiro atoms. The van der Waals surface area contributed by atoms with E-state index in [9.17, 15) is 4.79 Å². The molecule has 0 atom stereocenters. The van der Waals surface area contributed by atoms with Crippen LogP contribution in [0.1, 0.15) is 28.9 Å². The van der Waals surface area contributed by atoms with Gasteiger partial charge < -0.3 is 10.0 Å². The van der Waals surface area contributed by atoms with Crippen LogP contribution in [0, 0.1) is 0 Å². The third-order valence-electron chi connectivity index (χ3n) is 2.07. The number of hydrogen-bond donors (Lipinski definition) is 1. The van der Waals surface area contributed by atoms with E-state index < -0.39 is 0 Å². The van der Waals surface area contributed by atoms with Crippen LogP contribution in [-0.4, -0.2) is 45.7 Å². The fourth-order valence-corrected chi connectivity index (χ4v) is 1.70. The van der Waals surface area contributed by atoms with E-state index in [1.54, 1.807) is 11.9 Å². The topological polar surface area (TPSA) is 66.3 Å². The highest BCUT2D eigenvalue weighted by Crippen LogP contribution is 2.07. The monoisotopic (exact) mass is 229 g/mol. The van der Waals surface area contributed by atoms with Crippen LogP contribution in [-0.2, 0) is 0 Å². The molecule has 0 aliphatic carbocycles. The minimum absolute atomic E-state index is 0.0333. The van der Waals surface area contributed by atoms with Gasteiger partial charge in [-0.15, -0.1) is 5.10 Å². The molecule has 0 fully saturated rings. The Morgan fingerprint density at radius 2 is 2.33 bits per heavy atom. The number of carbonyl (C=O) groups is 1. The quantitative estimate of drug-likeness (QED) is 0.732. The number of aliphatic hydroxyl groups is 1. The average molecular weight is 229 g/mol. The molecule has 1 rings (SSSR count). The molecule has 84 valence electrons. The summed E-state index contributed by atoms with van der Waals surface area (Å²) in [7, 11) is 1.76. The van der Waals surface area contributed by atoms with Crippen LogP contribution in [0.15, 0.2) is 6.20 Å². The maximum absolute atomic E-state index is 11.7. The summed E-state index contributed by atoms with van der Waals surface area (Å²) < 4.78 is 3.65. The summed E-state index contributed by atoms with van der Waals surface area (Å²) in [5.74, 6) is -0.0333. The van der Waals surface area contributed by atoms with Crippen LogP contribution in [0.3, 0.4) is 0 Å². The molecule has 0 saturated carbocycles. The van der Waals surface area contributed by atoms with Crippen LogP contribution >= 0.6 is 11.5 Å². The van der Waals surface area contributed by atoms with Gasteiger partial charge in [0, 0.05) is 20.2 Å². The Hall–Kier alpha value is -1.01. The molecular weight excluding hydrogens is 214 g/mol. The molecule has 1 aromatic heterocycles. The highest BCUT2D eigenvalue weighted by atomic mass is 32.1. The number of amides is 1. The second-order valence-corrected chi connectivity index (χ2v) is 4.08. The van der Waals surface area contributed by atoms with E-state index >= 15 is 0 Å². The number of rotatable bonds is 6. The Morgan fingerprint density at radius 1 is 1.53 bits per heavy atom. The Balaban J connectivity index is 2.28. The Morgan fingerprint density at radius 3 is 2.93 bits per heavy atom. The predicted octanol–water partition coefficient (Wildman–Crippen LogP) is 0.773. The van der Waals surface area contributed by atoms with Gasteiger partial charge in [0.05, 0.1) is 6.20 Å². The third-order valence-corrected chi connectivity index (χ3v) is 2.72. The van der Waals surface area contributed by atoms with Crippen molar-refractivity contribution >= 4 is 17.4 Å². The standard InChI is InChI=1S/C9H15N3O2S/c1-12(5-3-2-4-6-13)9(14)8-7-10-11-15-8/h7,13H,2-6H2,1H3. The molecule has 0 radical (unpaired) electrons. The smallest absolute Gasteiger partial charge is 0.266 e. The van der Waals surface area contributed by atoms with Gasteiger partial charge in [-0.25, -0.2) is 0 Å². The number of unbranched alkanes of at least 4 members (excludes halogenated alkanes) is 2. The van der Waals surface area contributed by atoms with E-state index in [2.05, 4.69) is 9.59 Å². The molecule has 0 unspecified atom stereocenters. The van der Waals surface area contributed by atoms with Crippen molar-refractivity contribution in [2.75, 3.05) is 20.2 Å². The lowest BCUT2D eigenvalue weighted by molar-refractivity contribution is 0.0796. The van der Waals surface area contributed by atoms with Crippen LogP contribution in [0.4, 0.5) is 0 Å². The van der Waals surface area contributed by atoms with Crippen LogP contribution < -0.4 is 0 Å². The first kappa shape index (κ1) is 12.1. The molecule has 1 heterocycles. The lowest BCUT2D eigenvalue weighted by Gasteiger charge is -2.15. The Kier molecular flexibility index (Phi) is 5.20. The molecule has 0 saturated heterocycles. The molecule has 5 nitrogen and oxygen atoms in total. The van der Waals surface area contributed by atoms with Gasteiger partial charge in [-0.1, -0.05) is 4.49 Å². The summed E-state index contributed by atoms with van der Waals surface area (Å²) in [6, 6.07) is 0. The fourth-order valence-electron chi connectivity index (χ4n) is 1.19. The summed E-state index contributed by atoms with van der Waals surface area (Å²) in [6.45, 7) is 0.924. The molecule has 0 bridgehead atoms. The SMILES string of the molecule is CN(CCCCCO)C(=O)c1cnns1. The summed E-state index contributed by atoms with van der Waals surface area (Å²) in [4.78, 5) is 13.9. The molecule has 0 aliphatic heterocycles. The normalized spacial score (nSPS) is 10.3. The molecule has 0 aromatic carbocycles. The first-order valence-corrected chi connectivity index (χ1v) is 5.66. The lowest BCUT2D eigenvalue weighted by atomic mass is 10.2. The number of hydrogen-bond acceptors (Lipinski definition) is 5. The molecule has 15 heavy (non-hydrogen) atoms. The van der Waals surface area contributed by atoms with Crippen molar-refractivity contribution in [3.05, 3.63) is 11.1 Å². The lowest BCUT2D eigenvalue weighted by Crippen LogP contribution is -2.27. The maximum Gasteiger partial charge on any atom is 0.266 e. The van der Waals surface area contributed by atoms with Crippen molar-refractivity contribution in [1.82, 2.24) is 14.5 Å². The fraction of sp³-hybridized carbons (Fsp3) is 0.667. The van der Waals surface area contributed by atoms with Gasteiger partial charge in [0.1, 0.15) is 4.88 Å². The molecule has 1 N–H and O–H groups in total. The summed E-state index contributed by atoms with van der Waals surface area (Å²) in [5, 5.41) is 12.2. The van der Waals surface area contributed by atoms with Gasteiger partial charge in [-0.05, 0) is 30.8 Å². The van der Waals surface area contributed by atoms with E-state index in [-0.39, 0.29) is 12.5 Å². The maximum atomic E-state index is 11.7. The van der Waals surface area contributed by atoms with E-state index in [0.717, 1.165) is 30.8 Å². The van der Waals surface area contributed by atoms with Crippen molar-refractivity contribution in [2.45, 2.75) is 19.3 Å². The number of aromatic nitrogens is 2. The zero-order valence-corrected chi connectivity index (χ0v) is 9.53. The minimum Gasteiger partial charge on any atom is -0.396 e. The van der Waals surface area contributed by atoms with Gasteiger partial charge >= 0.3 is 0 Å². The van der Waals surface area contributed by atoms with Crippen molar-refractivity contribution in [2.24, 2.45) is 0 Å². The first-order chi connectivity index (χ1) is 7.25. The highest BCUT2D eigenvalue weighted by molar-refractivity contribution is 7.07. The van der Waals surface area contributed by atoms with Crippen molar-refractivity contribution in [3.8, 4) is 0 Å². The summed E-state index contributed by atoms with van der Waals surface area (Å²) in [5.41, 5.74) is 0. The van der Waals surface area contributed by atoms with Crippen LogP contribution in [0.25, 0.3) is 0 Å². The largest absolute Gasteiger partial charge is 0.396 e. The van der Waals surface area contributed by atoms with Crippen LogP contribution in [0.5, 0.6) is 0 Å². The molecule has 0 aliphatic rings. The van der Waals surface area contributed by atoms with E-state index in [0.29, 0.717) is 11.4 Å². The van der Waals surface area contributed by atoms with Gasteiger partial charge in [-0.2, -0.15) is 0 Å². The van der Waals surface area contributed by atoms with Crippen molar-refractivity contribution in [1.29, 1.82) is 0 Å². The second kappa shape index (κ2) is 6.47. The predicted molar refractivity (Wildman–Crippen MR) is 57.8 cm³/mol. The second-order valence-electron chi connectivity index (χ2n) is 3.29. The van der Waals surface area contributed by atoms with Gasteiger partial charge in [0.15, 0.2) is 0 Å². The highest BCUT2D eigenvalue weighted by Gasteiger charge is 2.13.